The summed E-state index contributed by atoms with van der Waals surface area (Å²) in [7, 11) is 0.397. The molecule has 1 amide bonds. The minimum atomic E-state index is -0.842. The van der Waals surface area contributed by atoms with Gasteiger partial charge >= 0.3 is 5.97 Å². The van der Waals surface area contributed by atoms with Crippen LogP contribution in [0.5, 0.6) is 0 Å². The van der Waals surface area contributed by atoms with Gasteiger partial charge < -0.3 is 15.1 Å². The van der Waals surface area contributed by atoms with E-state index in [0.717, 1.165) is 11.3 Å². The van der Waals surface area contributed by atoms with Gasteiger partial charge in [0.25, 0.3) is 7.48 Å². The zero-order valence-corrected chi connectivity index (χ0v) is 11.3. The first kappa shape index (κ1) is 14.1. The summed E-state index contributed by atoms with van der Waals surface area (Å²) in [5.74, 6) is -0.851. The van der Waals surface area contributed by atoms with Gasteiger partial charge in [-0.1, -0.05) is 6.07 Å². The number of amides is 1. The molecule has 19 heavy (non-hydrogen) atoms. The molecule has 1 aliphatic rings. The van der Waals surface area contributed by atoms with Gasteiger partial charge in [-0.3, -0.25) is 9.59 Å². The van der Waals surface area contributed by atoms with E-state index in [0.29, 0.717) is 20.3 Å². The second-order valence-corrected chi connectivity index (χ2v) is 5.68. The summed E-state index contributed by atoms with van der Waals surface area (Å²) in [4.78, 5) is 23.4. The zero-order chi connectivity index (χ0) is 13.7. The van der Waals surface area contributed by atoms with Crippen LogP contribution in [-0.4, -0.2) is 36.5 Å². The molecule has 1 aromatic rings. The van der Waals surface area contributed by atoms with E-state index in [9.17, 15) is 9.59 Å². The molecule has 0 aliphatic carbocycles. The molecule has 0 saturated carbocycles. The van der Waals surface area contributed by atoms with Crippen LogP contribution in [0.3, 0.4) is 0 Å². The van der Waals surface area contributed by atoms with Gasteiger partial charge in [0, 0.05) is 10.8 Å². The Bertz CT molecular complexity index is 429. The average molecular weight is 281 g/mol. The van der Waals surface area contributed by atoms with Crippen LogP contribution in [0.2, 0.25) is 0 Å². The summed E-state index contributed by atoms with van der Waals surface area (Å²) in [5, 5.41) is 13.5. The Labute approximate surface area is 116 Å². The number of carboxylic acids is 1. The van der Waals surface area contributed by atoms with Gasteiger partial charge in [0.2, 0.25) is 5.91 Å². The molecule has 0 aromatic carbocycles. The third kappa shape index (κ3) is 4.68. The highest BCUT2D eigenvalue weighted by Gasteiger charge is 2.25. The molecule has 0 bridgehead atoms. The molecule has 1 saturated heterocycles. The molecule has 1 fully saturated rings. The molecule has 102 valence electrons. The SMILES string of the molecule is O=C(O)CC1CCC(NC(=O)Cc2cccs2)BO1. The number of aliphatic carboxylic acids is 1. The number of nitrogens with one attached hydrogen (secondary N) is 1. The van der Waals surface area contributed by atoms with E-state index in [1.54, 1.807) is 11.3 Å². The Morgan fingerprint density at radius 1 is 1.53 bits per heavy atom. The lowest BCUT2D eigenvalue weighted by Gasteiger charge is -2.28. The van der Waals surface area contributed by atoms with Crippen LogP contribution in [-0.2, 0) is 20.7 Å². The lowest BCUT2D eigenvalue weighted by Crippen LogP contribution is -2.45. The van der Waals surface area contributed by atoms with Gasteiger partial charge in [-0.05, 0) is 24.3 Å². The molecule has 2 atom stereocenters. The predicted octanol–water partition coefficient (Wildman–Crippen LogP) is 0.738. The third-order valence-electron chi connectivity index (χ3n) is 3.05. The van der Waals surface area contributed by atoms with E-state index in [1.807, 2.05) is 17.5 Å². The number of carboxylic acid groups (broad SMARTS) is 1. The standard InChI is InChI=1S/C12H16BNO4S/c15-11(7-9-2-1-5-19-9)14-10-4-3-8(18-13-10)6-12(16)17/h1-2,5,8,10,13H,3-4,6-7H2,(H,14,15)(H,16,17). The number of carbonyl (C=O) groups is 2. The van der Waals surface area contributed by atoms with Crippen LogP contribution in [0, 0.1) is 0 Å². The van der Waals surface area contributed by atoms with Crippen molar-refractivity contribution in [3.05, 3.63) is 22.4 Å². The smallest absolute Gasteiger partial charge is 0.305 e. The van der Waals surface area contributed by atoms with Gasteiger partial charge in [0.1, 0.15) is 0 Å². The number of hydrogen-bond donors (Lipinski definition) is 2. The molecular formula is C12H16BNO4S. The van der Waals surface area contributed by atoms with Crippen LogP contribution in [0.25, 0.3) is 0 Å². The summed E-state index contributed by atoms with van der Waals surface area (Å²) in [5.41, 5.74) is 0. The van der Waals surface area contributed by atoms with E-state index >= 15 is 0 Å². The number of thiophene rings is 1. The first-order chi connectivity index (χ1) is 9.13. The Morgan fingerprint density at radius 2 is 2.37 bits per heavy atom. The van der Waals surface area contributed by atoms with Crippen molar-refractivity contribution in [3.63, 3.8) is 0 Å². The number of carbonyl (C=O) groups excluding carboxylic acids is 1. The largest absolute Gasteiger partial charge is 0.481 e. The van der Waals surface area contributed by atoms with Crippen molar-refractivity contribution in [3.8, 4) is 0 Å². The minimum absolute atomic E-state index is 0.00231. The van der Waals surface area contributed by atoms with E-state index in [-0.39, 0.29) is 24.4 Å². The first-order valence-corrected chi connectivity index (χ1v) is 7.16. The molecule has 1 aliphatic heterocycles. The van der Waals surface area contributed by atoms with Crippen molar-refractivity contribution in [2.24, 2.45) is 0 Å². The molecular weight excluding hydrogens is 265 g/mol. The quantitative estimate of drug-likeness (QED) is 0.780. The molecule has 7 heteroatoms. The third-order valence-corrected chi connectivity index (χ3v) is 3.93. The molecule has 5 nitrogen and oxygen atoms in total. The van der Waals surface area contributed by atoms with Crippen molar-refractivity contribution in [1.82, 2.24) is 5.32 Å². The molecule has 0 spiro atoms. The Kier molecular flexibility index (Phi) is 4.98. The Hall–Kier alpha value is -1.34. The highest BCUT2D eigenvalue weighted by atomic mass is 32.1. The molecule has 1 aromatic heterocycles. The van der Waals surface area contributed by atoms with Gasteiger partial charge in [0.05, 0.1) is 18.9 Å². The van der Waals surface area contributed by atoms with Gasteiger partial charge in [-0.2, -0.15) is 0 Å². The molecule has 2 N–H and O–H groups in total. The maximum atomic E-state index is 11.8. The van der Waals surface area contributed by atoms with Crippen molar-refractivity contribution in [1.29, 1.82) is 0 Å². The predicted molar refractivity (Wildman–Crippen MR) is 73.5 cm³/mol. The number of rotatable bonds is 5. The first-order valence-electron chi connectivity index (χ1n) is 6.28. The van der Waals surface area contributed by atoms with Crippen molar-refractivity contribution in [2.45, 2.75) is 37.7 Å². The maximum absolute atomic E-state index is 11.8. The van der Waals surface area contributed by atoms with Gasteiger partial charge in [-0.25, -0.2) is 0 Å². The highest BCUT2D eigenvalue weighted by molar-refractivity contribution is 7.10. The summed E-state index contributed by atoms with van der Waals surface area (Å²) >= 11 is 1.56. The molecule has 2 rings (SSSR count). The molecule has 0 radical (unpaired) electrons. The monoisotopic (exact) mass is 281 g/mol. The Balaban J connectivity index is 1.70. The van der Waals surface area contributed by atoms with E-state index < -0.39 is 5.97 Å². The lowest BCUT2D eigenvalue weighted by molar-refractivity contribution is -0.139. The van der Waals surface area contributed by atoms with Crippen LogP contribution in [0.1, 0.15) is 24.1 Å². The topological polar surface area (TPSA) is 75.6 Å². The van der Waals surface area contributed by atoms with E-state index in [4.69, 9.17) is 9.76 Å². The lowest BCUT2D eigenvalue weighted by atomic mass is 9.79. The van der Waals surface area contributed by atoms with Crippen LogP contribution in [0.4, 0.5) is 0 Å². The van der Waals surface area contributed by atoms with Crippen molar-refractivity contribution >= 4 is 30.7 Å². The van der Waals surface area contributed by atoms with Gasteiger partial charge in [-0.15, -0.1) is 11.3 Å². The fourth-order valence-electron chi connectivity index (χ4n) is 2.13. The van der Waals surface area contributed by atoms with Gasteiger partial charge in [0.15, 0.2) is 0 Å². The van der Waals surface area contributed by atoms with Crippen LogP contribution >= 0.6 is 11.3 Å². The van der Waals surface area contributed by atoms with Crippen LogP contribution < -0.4 is 5.32 Å². The summed E-state index contributed by atoms with van der Waals surface area (Å²) < 4.78 is 5.44. The fourth-order valence-corrected chi connectivity index (χ4v) is 2.83. The summed E-state index contributed by atoms with van der Waals surface area (Å²) in [6, 6.07) is 3.86. The van der Waals surface area contributed by atoms with E-state index in [2.05, 4.69) is 5.32 Å². The fraction of sp³-hybridized carbons (Fsp3) is 0.500. The maximum Gasteiger partial charge on any atom is 0.305 e. The Morgan fingerprint density at radius 3 is 2.95 bits per heavy atom. The second kappa shape index (κ2) is 6.72. The zero-order valence-electron chi connectivity index (χ0n) is 10.5. The molecule has 2 heterocycles. The normalized spacial score (nSPS) is 22.5. The molecule has 2 unspecified atom stereocenters. The summed E-state index contributed by atoms with van der Waals surface area (Å²) in [6.45, 7) is 0. The van der Waals surface area contributed by atoms with E-state index in [1.165, 1.54) is 0 Å². The average Bonchev–Trinajstić information content (AvgIpc) is 2.83. The van der Waals surface area contributed by atoms with Crippen molar-refractivity contribution in [2.75, 3.05) is 0 Å². The second-order valence-electron chi connectivity index (χ2n) is 4.65. The van der Waals surface area contributed by atoms with Crippen LogP contribution in [0.15, 0.2) is 17.5 Å². The summed E-state index contributed by atoms with van der Waals surface area (Å²) in [6.07, 6.45) is 1.66. The minimum Gasteiger partial charge on any atom is -0.481 e. The highest BCUT2D eigenvalue weighted by Crippen LogP contribution is 2.15. The number of hydrogen-bond acceptors (Lipinski definition) is 4. The van der Waals surface area contributed by atoms with Crippen molar-refractivity contribution < 1.29 is 19.3 Å².